The lowest BCUT2D eigenvalue weighted by atomic mass is 10.1. The molecule has 0 unspecified atom stereocenters. The fraction of sp³-hybridized carbons (Fsp3) is 0.118. The molecule has 4 nitrogen and oxygen atoms in total. The molecule has 2 heterocycles. The number of ether oxygens (including phenoxy) is 1. The quantitative estimate of drug-likeness (QED) is 0.760. The van der Waals surface area contributed by atoms with Crippen LogP contribution in [0.25, 0.3) is 11.3 Å². The molecule has 106 valence electrons. The van der Waals surface area contributed by atoms with Gasteiger partial charge in [-0.3, -0.25) is 0 Å². The molecule has 2 rings (SSSR count). The Morgan fingerprint density at radius 2 is 2.05 bits per heavy atom. The Balaban J connectivity index is 2.30. The van der Waals surface area contributed by atoms with Crippen molar-refractivity contribution in [2.45, 2.75) is 6.42 Å². The Morgan fingerprint density at radius 3 is 2.76 bits per heavy atom. The summed E-state index contributed by atoms with van der Waals surface area (Å²) in [6.07, 6.45) is 9.48. The molecule has 0 amide bonds. The molecular formula is C17H17N3O. The zero-order valence-corrected chi connectivity index (χ0v) is 12.0. The normalized spacial score (nSPS) is 11.0. The first kappa shape index (κ1) is 14.7. The van der Waals surface area contributed by atoms with Crippen molar-refractivity contribution in [2.24, 2.45) is 0 Å². The minimum atomic E-state index is 0.561. The lowest BCUT2D eigenvalue weighted by molar-refractivity contribution is 0.398. The van der Waals surface area contributed by atoms with E-state index in [1.54, 1.807) is 31.7 Å². The fourth-order valence-corrected chi connectivity index (χ4v) is 1.86. The molecule has 0 aliphatic carbocycles. The minimum absolute atomic E-state index is 0.561. The predicted molar refractivity (Wildman–Crippen MR) is 84.0 cm³/mol. The number of pyridine rings is 1. The first-order valence-electron chi connectivity index (χ1n) is 6.53. The van der Waals surface area contributed by atoms with Crippen molar-refractivity contribution in [3.63, 3.8) is 0 Å². The molecule has 0 saturated carbocycles. The Kier molecular flexibility index (Phi) is 4.99. The van der Waals surface area contributed by atoms with Crippen molar-refractivity contribution >= 4 is 0 Å². The lowest BCUT2D eigenvalue weighted by Gasteiger charge is -2.05. The third-order valence-corrected chi connectivity index (χ3v) is 2.90. The van der Waals surface area contributed by atoms with Gasteiger partial charge in [0.2, 0.25) is 5.88 Å². The molecule has 2 aromatic rings. The third kappa shape index (κ3) is 3.86. The molecule has 0 saturated heterocycles. The van der Waals surface area contributed by atoms with Crippen molar-refractivity contribution in [2.75, 3.05) is 7.11 Å². The summed E-state index contributed by atoms with van der Waals surface area (Å²) in [5.74, 6) is 1.29. The van der Waals surface area contributed by atoms with E-state index in [4.69, 9.17) is 4.74 Å². The number of nitrogens with zero attached hydrogens (tertiary/aromatic N) is 3. The number of hydrogen-bond acceptors (Lipinski definition) is 4. The van der Waals surface area contributed by atoms with Crippen molar-refractivity contribution in [3.8, 4) is 17.1 Å². The van der Waals surface area contributed by atoms with Gasteiger partial charge in [0.25, 0.3) is 0 Å². The van der Waals surface area contributed by atoms with Crippen LogP contribution in [0.1, 0.15) is 5.82 Å². The molecule has 0 spiro atoms. The van der Waals surface area contributed by atoms with Gasteiger partial charge in [-0.05, 0) is 17.7 Å². The highest BCUT2D eigenvalue weighted by atomic mass is 16.5. The van der Waals surface area contributed by atoms with E-state index < -0.39 is 0 Å². The number of aromatic nitrogens is 3. The summed E-state index contributed by atoms with van der Waals surface area (Å²) >= 11 is 0. The van der Waals surface area contributed by atoms with Gasteiger partial charge in [0.1, 0.15) is 5.82 Å². The van der Waals surface area contributed by atoms with E-state index in [9.17, 15) is 0 Å². The average molecular weight is 279 g/mol. The van der Waals surface area contributed by atoms with Crippen LogP contribution in [0.5, 0.6) is 5.88 Å². The van der Waals surface area contributed by atoms with Crippen LogP contribution in [0.15, 0.2) is 67.6 Å². The summed E-state index contributed by atoms with van der Waals surface area (Å²) in [7, 11) is 1.59. The minimum Gasteiger partial charge on any atom is -0.481 e. The summed E-state index contributed by atoms with van der Waals surface area (Å²) < 4.78 is 5.13. The van der Waals surface area contributed by atoms with E-state index in [1.807, 2.05) is 24.3 Å². The molecule has 4 heteroatoms. The smallest absolute Gasteiger partial charge is 0.213 e. The molecule has 0 aliphatic heterocycles. The van der Waals surface area contributed by atoms with Crippen LogP contribution in [-0.4, -0.2) is 22.1 Å². The highest BCUT2D eigenvalue weighted by Gasteiger charge is 2.05. The highest BCUT2D eigenvalue weighted by molar-refractivity contribution is 5.59. The van der Waals surface area contributed by atoms with E-state index in [2.05, 4.69) is 28.1 Å². The Labute approximate surface area is 124 Å². The van der Waals surface area contributed by atoms with E-state index in [1.165, 1.54) is 0 Å². The van der Waals surface area contributed by atoms with Gasteiger partial charge in [-0.25, -0.2) is 15.0 Å². The molecular weight excluding hydrogens is 262 g/mol. The first-order valence-corrected chi connectivity index (χ1v) is 6.53. The van der Waals surface area contributed by atoms with Crippen LogP contribution in [0.3, 0.4) is 0 Å². The second kappa shape index (κ2) is 7.14. The predicted octanol–water partition coefficient (Wildman–Crippen LogP) is 3.39. The van der Waals surface area contributed by atoms with Crippen LogP contribution >= 0.6 is 0 Å². The molecule has 0 aromatic carbocycles. The fourth-order valence-electron chi connectivity index (χ4n) is 1.86. The molecule has 2 aromatic heterocycles. The van der Waals surface area contributed by atoms with Gasteiger partial charge < -0.3 is 4.74 Å². The Bertz CT molecular complexity index is 677. The van der Waals surface area contributed by atoms with Gasteiger partial charge in [-0.1, -0.05) is 31.4 Å². The maximum atomic E-state index is 5.13. The maximum absolute atomic E-state index is 5.13. The van der Waals surface area contributed by atoms with E-state index in [0.29, 0.717) is 12.3 Å². The number of allylic oxidation sites excluding steroid dienone is 4. The summed E-state index contributed by atoms with van der Waals surface area (Å²) in [5.41, 5.74) is 2.80. The van der Waals surface area contributed by atoms with Crippen LogP contribution < -0.4 is 4.74 Å². The summed E-state index contributed by atoms with van der Waals surface area (Å²) in [5, 5.41) is 0. The van der Waals surface area contributed by atoms with Crippen LogP contribution in [-0.2, 0) is 6.42 Å². The Morgan fingerprint density at radius 1 is 1.24 bits per heavy atom. The average Bonchev–Trinajstić information content (AvgIpc) is 2.54. The number of rotatable bonds is 6. The van der Waals surface area contributed by atoms with E-state index in [-0.39, 0.29) is 0 Å². The number of hydrogen-bond donors (Lipinski definition) is 0. The maximum Gasteiger partial charge on any atom is 0.213 e. The summed E-state index contributed by atoms with van der Waals surface area (Å²) in [4.78, 5) is 13.0. The molecule has 0 aliphatic rings. The standard InChI is InChI=1S/C17H17N3O/c1-4-6-13(5-2)11-16-18-10-8-15(20-16)14-7-9-19-17(12-14)21-3/h4-10,12H,1-2,11H2,3H3/b13-6+. The monoisotopic (exact) mass is 279 g/mol. The highest BCUT2D eigenvalue weighted by Crippen LogP contribution is 2.20. The SMILES string of the molecule is C=C/C=C(\C=C)Cc1nccc(-c2ccnc(OC)c2)n1. The van der Waals surface area contributed by atoms with Gasteiger partial charge in [0.05, 0.1) is 12.8 Å². The van der Waals surface area contributed by atoms with Crippen molar-refractivity contribution in [3.05, 3.63) is 73.4 Å². The molecule has 0 atom stereocenters. The van der Waals surface area contributed by atoms with Gasteiger partial charge >= 0.3 is 0 Å². The summed E-state index contributed by atoms with van der Waals surface area (Å²) in [6.45, 7) is 7.47. The largest absolute Gasteiger partial charge is 0.481 e. The second-order valence-corrected chi connectivity index (χ2v) is 4.30. The molecule has 21 heavy (non-hydrogen) atoms. The zero-order valence-electron chi connectivity index (χ0n) is 12.0. The molecule has 0 N–H and O–H groups in total. The van der Waals surface area contributed by atoms with Crippen molar-refractivity contribution in [1.29, 1.82) is 0 Å². The van der Waals surface area contributed by atoms with Crippen LogP contribution in [0.2, 0.25) is 0 Å². The van der Waals surface area contributed by atoms with Crippen LogP contribution in [0.4, 0.5) is 0 Å². The van der Waals surface area contributed by atoms with Crippen molar-refractivity contribution in [1.82, 2.24) is 15.0 Å². The second-order valence-electron chi connectivity index (χ2n) is 4.30. The number of methoxy groups -OCH3 is 1. The first-order chi connectivity index (χ1) is 10.3. The summed E-state index contributed by atoms with van der Waals surface area (Å²) in [6, 6.07) is 5.60. The molecule has 0 fully saturated rings. The van der Waals surface area contributed by atoms with E-state index >= 15 is 0 Å². The van der Waals surface area contributed by atoms with Crippen LogP contribution in [0, 0.1) is 0 Å². The third-order valence-electron chi connectivity index (χ3n) is 2.90. The van der Waals surface area contributed by atoms with Gasteiger partial charge in [0, 0.05) is 30.4 Å². The molecule has 0 radical (unpaired) electrons. The van der Waals surface area contributed by atoms with Crippen molar-refractivity contribution < 1.29 is 4.74 Å². The van der Waals surface area contributed by atoms with Gasteiger partial charge in [0.15, 0.2) is 0 Å². The lowest BCUT2D eigenvalue weighted by Crippen LogP contribution is -1.98. The Hall–Kier alpha value is -2.75. The van der Waals surface area contributed by atoms with Gasteiger partial charge in [-0.15, -0.1) is 0 Å². The van der Waals surface area contributed by atoms with E-state index in [0.717, 1.165) is 22.7 Å². The molecule has 0 bridgehead atoms. The topological polar surface area (TPSA) is 47.9 Å². The zero-order chi connectivity index (χ0) is 15.1. The van der Waals surface area contributed by atoms with Gasteiger partial charge in [-0.2, -0.15) is 0 Å².